The number of rotatable bonds is 9. The standard InChI is InChI=1S/C15H25NO4/c1-12-4-6-13(7-5-12)16(8-14(17)10-19-2)9-15(18)11-20-3/h4-7,14-15,17-18H,8-11H2,1-3H3. The molecule has 0 saturated heterocycles. The lowest BCUT2D eigenvalue weighted by atomic mass is 10.2. The number of benzene rings is 1. The van der Waals surface area contributed by atoms with Crippen molar-refractivity contribution in [3.8, 4) is 0 Å². The van der Waals surface area contributed by atoms with Crippen molar-refractivity contribution >= 4 is 5.69 Å². The van der Waals surface area contributed by atoms with Gasteiger partial charge in [0.05, 0.1) is 25.4 Å². The number of hydrogen-bond acceptors (Lipinski definition) is 5. The van der Waals surface area contributed by atoms with Crippen LogP contribution in [0.5, 0.6) is 0 Å². The van der Waals surface area contributed by atoms with Gasteiger partial charge in [-0.25, -0.2) is 0 Å². The van der Waals surface area contributed by atoms with Gasteiger partial charge in [-0.3, -0.25) is 0 Å². The molecule has 0 aromatic heterocycles. The quantitative estimate of drug-likeness (QED) is 0.702. The maximum Gasteiger partial charge on any atom is 0.0947 e. The second kappa shape index (κ2) is 8.92. The zero-order valence-corrected chi connectivity index (χ0v) is 12.5. The summed E-state index contributed by atoms with van der Waals surface area (Å²) in [5.74, 6) is 0. The maximum atomic E-state index is 9.90. The van der Waals surface area contributed by atoms with Crippen molar-refractivity contribution in [1.29, 1.82) is 0 Å². The Balaban J connectivity index is 2.74. The first-order valence-corrected chi connectivity index (χ1v) is 6.72. The molecule has 0 spiro atoms. The summed E-state index contributed by atoms with van der Waals surface area (Å²) in [5.41, 5.74) is 2.13. The van der Waals surface area contributed by atoms with E-state index < -0.39 is 12.2 Å². The van der Waals surface area contributed by atoms with Crippen LogP contribution in [-0.4, -0.2) is 62.9 Å². The summed E-state index contributed by atoms with van der Waals surface area (Å²) in [7, 11) is 3.11. The fraction of sp³-hybridized carbons (Fsp3) is 0.600. The lowest BCUT2D eigenvalue weighted by Crippen LogP contribution is -2.40. The first-order chi connectivity index (χ1) is 9.56. The maximum absolute atomic E-state index is 9.90. The van der Waals surface area contributed by atoms with Crippen molar-refractivity contribution in [2.45, 2.75) is 19.1 Å². The second-order valence-corrected chi connectivity index (χ2v) is 4.96. The van der Waals surface area contributed by atoms with Crippen LogP contribution in [0, 0.1) is 6.92 Å². The highest BCUT2D eigenvalue weighted by molar-refractivity contribution is 5.47. The zero-order chi connectivity index (χ0) is 15.0. The number of aryl methyl sites for hydroxylation is 1. The molecule has 0 amide bonds. The fourth-order valence-corrected chi connectivity index (χ4v) is 2.04. The Morgan fingerprint density at radius 1 is 0.950 bits per heavy atom. The van der Waals surface area contributed by atoms with Crippen LogP contribution in [0.4, 0.5) is 5.69 Å². The Morgan fingerprint density at radius 2 is 1.40 bits per heavy atom. The van der Waals surface area contributed by atoms with E-state index in [1.165, 1.54) is 5.56 Å². The molecule has 114 valence electrons. The van der Waals surface area contributed by atoms with E-state index in [2.05, 4.69) is 0 Å². The molecule has 5 nitrogen and oxygen atoms in total. The molecule has 5 heteroatoms. The van der Waals surface area contributed by atoms with Gasteiger partial charge in [-0.05, 0) is 19.1 Å². The summed E-state index contributed by atoms with van der Waals surface area (Å²) >= 11 is 0. The van der Waals surface area contributed by atoms with Crippen LogP contribution in [0.3, 0.4) is 0 Å². The summed E-state index contributed by atoms with van der Waals surface area (Å²) in [4.78, 5) is 1.94. The van der Waals surface area contributed by atoms with Crippen molar-refractivity contribution in [3.05, 3.63) is 29.8 Å². The van der Waals surface area contributed by atoms with Gasteiger partial charge in [0.1, 0.15) is 0 Å². The van der Waals surface area contributed by atoms with Gasteiger partial charge in [0.25, 0.3) is 0 Å². The normalized spacial score (nSPS) is 14.1. The molecule has 2 unspecified atom stereocenters. The molecule has 0 aliphatic carbocycles. The Morgan fingerprint density at radius 3 is 1.80 bits per heavy atom. The number of hydrogen-bond donors (Lipinski definition) is 2. The highest BCUT2D eigenvalue weighted by Crippen LogP contribution is 2.16. The molecule has 0 aliphatic rings. The van der Waals surface area contributed by atoms with Crippen LogP contribution in [0.15, 0.2) is 24.3 Å². The van der Waals surface area contributed by atoms with Crippen LogP contribution in [0.2, 0.25) is 0 Å². The van der Waals surface area contributed by atoms with Crippen LogP contribution < -0.4 is 4.90 Å². The highest BCUT2D eigenvalue weighted by Gasteiger charge is 2.16. The van der Waals surface area contributed by atoms with E-state index in [4.69, 9.17) is 9.47 Å². The molecule has 0 radical (unpaired) electrons. The van der Waals surface area contributed by atoms with Crippen LogP contribution >= 0.6 is 0 Å². The average molecular weight is 283 g/mol. The van der Waals surface area contributed by atoms with Crippen LogP contribution in [0.25, 0.3) is 0 Å². The molecule has 1 aromatic rings. The Labute approximate surface area is 120 Å². The van der Waals surface area contributed by atoms with Gasteiger partial charge < -0.3 is 24.6 Å². The van der Waals surface area contributed by atoms with Crippen molar-refractivity contribution in [2.75, 3.05) is 45.4 Å². The average Bonchev–Trinajstić information content (AvgIpc) is 2.39. The predicted octanol–water partition coefficient (Wildman–Crippen LogP) is 0.816. The van der Waals surface area contributed by atoms with E-state index in [0.717, 1.165) is 5.69 Å². The lowest BCUT2D eigenvalue weighted by molar-refractivity contribution is 0.0559. The summed E-state index contributed by atoms with van der Waals surface area (Å²) in [5, 5.41) is 19.8. The van der Waals surface area contributed by atoms with Gasteiger partial charge in [0.2, 0.25) is 0 Å². The Bertz CT molecular complexity index is 355. The summed E-state index contributed by atoms with van der Waals surface area (Å²) in [6, 6.07) is 7.98. The minimum Gasteiger partial charge on any atom is -0.389 e. The van der Waals surface area contributed by atoms with Crippen LogP contribution in [0.1, 0.15) is 5.56 Å². The third-order valence-corrected chi connectivity index (χ3v) is 2.98. The van der Waals surface area contributed by atoms with E-state index in [9.17, 15) is 10.2 Å². The summed E-state index contributed by atoms with van der Waals surface area (Å²) in [6.45, 7) is 3.36. The van der Waals surface area contributed by atoms with Crippen molar-refractivity contribution < 1.29 is 19.7 Å². The predicted molar refractivity (Wildman–Crippen MR) is 79.2 cm³/mol. The number of anilines is 1. The van der Waals surface area contributed by atoms with E-state index in [1.807, 2.05) is 36.1 Å². The molecule has 0 heterocycles. The van der Waals surface area contributed by atoms with Gasteiger partial charge in [0, 0.05) is 33.0 Å². The molecule has 0 aliphatic heterocycles. The number of ether oxygens (including phenoxy) is 2. The summed E-state index contributed by atoms with van der Waals surface area (Å²) in [6.07, 6.45) is -1.20. The molecule has 0 bridgehead atoms. The van der Waals surface area contributed by atoms with Gasteiger partial charge in [-0.1, -0.05) is 17.7 Å². The van der Waals surface area contributed by atoms with Gasteiger partial charge in [-0.2, -0.15) is 0 Å². The van der Waals surface area contributed by atoms with Crippen LogP contribution in [-0.2, 0) is 9.47 Å². The molecule has 1 aromatic carbocycles. The topological polar surface area (TPSA) is 62.2 Å². The van der Waals surface area contributed by atoms with E-state index in [0.29, 0.717) is 13.1 Å². The SMILES string of the molecule is COCC(O)CN(CC(O)COC)c1ccc(C)cc1. The number of methoxy groups -OCH3 is 2. The number of nitrogens with zero attached hydrogens (tertiary/aromatic N) is 1. The van der Waals surface area contributed by atoms with Gasteiger partial charge >= 0.3 is 0 Å². The largest absolute Gasteiger partial charge is 0.389 e. The van der Waals surface area contributed by atoms with E-state index in [-0.39, 0.29) is 13.2 Å². The third-order valence-electron chi connectivity index (χ3n) is 2.98. The minimum atomic E-state index is -0.601. The van der Waals surface area contributed by atoms with E-state index in [1.54, 1.807) is 14.2 Å². The minimum absolute atomic E-state index is 0.267. The molecular formula is C15H25NO4. The molecule has 20 heavy (non-hydrogen) atoms. The van der Waals surface area contributed by atoms with Gasteiger partial charge in [-0.15, -0.1) is 0 Å². The van der Waals surface area contributed by atoms with Crippen molar-refractivity contribution in [1.82, 2.24) is 0 Å². The lowest BCUT2D eigenvalue weighted by Gasteiger charge is -2.29. The second-order valence-electron chi connectivity index (χ2n) is 4.96. The van der Waals surface area contributed by atoms with Gasteiger partial charge in [0.15, 0.2) is 0 Å². The fourth-order valence-electron chi connectivity index (χ4n) is 2.04. The molecular weight excluding hydrogens is 258 g/mol. The monoisotopic (exact) mass is 283 g/mol. The molecule has 0 fully saturated rings. The Hall–Kier alpha value is -1.14. The van der Waals surface area contributed by atoms with Crippen molar-refractivity contribution in [2.24, 2.45) is 0 Å². The van der Waals surface area contributed by atoms with Crippen molar-refractivity contribution in [3.63, 3.8) is 0 Å². The summed E-state index contributed by atoms with van der Waals surface area (Å²) < 4.78 is 9.90. The Kier molecular flexibility index (Phi) is 7.54. The molecule has 0 saturated carbocycles. The molecule has 2 N–H and O–H groups in total. The highest BCUT2D eigenvalue weighted by atomic mass is 16.5. The number of aliphatic hydroxyl groups excluding tert-OH is 2. The zero-order valence-electron chi connectivity index (χ0n) is 12.5. The van der Waals surface area contributed by atoms with E-state index >= 15 is 0 Å². The molecule has 1 rings (SSSR count). The third kappa shape index (κ3) is 5.88. The molecule has 2 atom stereocenters. The first kappa shape index (κ1) is 16.9. The first-order valence-electron chi connectivity index (χ1n) is 6.72. The smallest absolute Gasteiger partial charge is 0.0947 e. The number of aliphatic hydroxyl groups is 2.